The van der Waals surface area contributed by atoms with Crippen LogP contribution in [0.1, 0.15) is 36.6 Å². The van der Waals surface area contributed by atoms with Crippen molar-refractivity contribution in [1.82, 2.24) is 5.32 Å². The Kier molecular flexibility index (Phi) is 5.54. The summed E-state index contributed by atoms with van der Waals surface area (Å²) < 4.78 is 0. The largest absolute Gasteiger partial charge is 0.332 e. The number of amides is 3. The smallest absolute Gasteiger partial charge is 0.266 e. The van der Waals surface area contributed by atoms with Gasteiger partial charge in [-0.15, -0.1) is 0 Å². The van der Waals surface area contributed by atoms with Crippen LogP contribution < -0.4 is 15.5 Å². The molecule has 0 radical (unpaired) electrons. The fraction of sp³-hybridized carbons (Fsp3) is 0.0435. The Hall–Kier alpha value is -3.55. The number of nitrogens with zero attached hydrogens (tertiary/aromatic N) is 1. The third-order valence-corrected chi connectivity index (χ3v) is 5.29. The molecule has 154 valence electrons. The van der Waals surface area contributed by atoms with Crippen LogP contribution in [0, 0.1) is 6.92 Å². The Balaban J connectivity index is 1.43. The molecule has 0 saturated heterocycles. The number of anilines is 2. The molecular formula is C23H16ClN3O3S. The van der Waals surface area contributed by atoms with Gasteiger partial charge in [-0.2, -0.15) is 0 Å². The lowest BCUT2D eigenvalue weighted by molar-refractivity contribution is 0.0923. The molecule has 3 aromatic rings. The molecule has 0 aliphatic carbocycles. The van der Waals surface area contributed by atoms with E-state index < -0.39 is 5.91 Å². The number of carbonyl (C=O) groups excluding carboxylic acids is 3. The van der Waals surface area contributed by atoms with Gasteiger partial charge in [0.2, 0.25) is 0 Å². The van der Waals surface area contributed by atoms with Crippen LogP contribution in [0.25, 0.3) is 0 Å². The van der Waals surface area contributed by atoms with Gasteiger partial charge in [-0.25, -0.2) is 4.90 Å². The number of benzene rings is 3. The molecule has 0 fully saturated rings. The quantitative estimate of drug-likeness (QED) is 0.452. The summed E-state index contributed by atoms with van der Waals surface area (Å²) in [5.74, 6) is -1.15. The first-order valence-electron chi connectivity index (χ1n) is 9.31. The van der Waals surface area contributed by atoms with Gasteiger partial charge in [-0.3, -0.25) is 19.7 Å². The molecule has 0 unspecified atom stereocenters. The van der Waals surface area contributed by atoms with Gasteiger partial charge in [0.05, 0.1) is 27.4 Å². The number of imide groups is 1. The van der Waals surface area contributed by atoms with E-state index in [9.17, 15) is 14.4 Å². The number of hydrogen-bond donors (Lipinski definition) is 2. The van der Waals surface area contributed by atoms with Crippen LogP contribution in [0.3, 0.4) is 0 Å². The number of fused-ring (bicyclic) bond motifs is 1. The first-order valence-corrected chi connectivity index (χ1v) is 10.1. The molecule has 31 heavy (non-hydrogen) atoms. The summed E-state index contributed by atoms with van der Waals surface area (Å²) >= 11 is 11.3. The third-order valence-electron chi connectivity index (χ3n) is 4.77. The first-order chi connectivity index (χ1) is 14.8. The molecule has 0 saturated carbocycles. The predicted molar refractivity (Wildman–Crippen MR) is 124 cm³/mol. The van der Waals surface area contributed by atoms with Crippen molar-refractivity contribution < 1.29 is 14.4 Å². The van der Waals surface area contributed by atoms with E-state index in [1.165, 1.54) is 0 Å². The van der Waals surface area contributed by atoms with E-state index in [1.54, 1.807) is 66.7 Å². The fourth-order valence-corrected chi connectivity index (χ4v) is 3.79. The molecule has 1 heterocycles. The van der Waals surface area contributed by atoms with E-state index in [2.05, 4.69) is 10.6 Å². The van der Waals surface area contributed by atoms with Gasteiger partial charge in [0, 0.05) is 5.69 Å². The lowest BCUT2D eigenvalue weighted by Crippen LogP contribution is -2.34. The molecule has 0 bridgehead atoms. The second-order valence-electron chi connectivity index (χ2n) is 6.93. The summed E-state index contributed by atoms with van der Waals surface area (Å²) in [6.07, 6.45) is 0. The van der Waals surface area contributed by atoms with Crippen LogP contribution >= 0.6 is 23.8 Å². The highest BCUT2D eigenvalue weighted by Gasteiger charge is 2.36. The van der Waals surface area contributed by atoms with Crippen molar-refractivity contribution in [3.8, 4) is 0 Å². The number of thiocarbonyl (C=S) groups is 1. The van der Waals surface area contributed by atoms with Crippen LogP contribution in [-0.2, 0) is 0 Å². The number of nitrogens with one attached hydrogen (secondary N) is 2. The minimum atomic E-state index is -0.426. The van der Waals surface area contributed by atoms with Crippen molar-refractivity contribution in [2.24, 2.45) is 0 Å². The number of halogens is 1. The summed E-state index contributed by atoms with van der Waals surface area (Å²) in [5, 5.41) is 5.91. The highest BCUT2D eigenvalue weighted by Crippen LogP contribution is 2.29. The second-order valence-corrected chi connectivity index (χ2v) is 7.75. The average Bonchev–Trinajstić information content (AvgIpc) is 2.99. The number of hydrogen-bond acceptors (Lipinski definition) is 4. The molecule has 0 atom stereocenters. The van der Waals surface area contributed by atoms with Crippen molar-refractivity contribution in [3.63, 3.8) is 0 Å². The first kappa shape index (κ1) is 20.7. The van der Waals surface area contributed by atoms with Crippen molar-refractivity contribution in [2.45, 2.75) is 6.92 Å². The van der Waals surface area contributed by atoms with Gasteiger partial charge in [0.15, 0.2) is 5.11 Å². The third kappa shape index (κ3) is 4.05. The minimum absolute atomic E-state index is 0.0927. The molecular weight excluding hydrogens is 434 g/mol. The normalized spacial score (nSPS) is 12.5. The van der Waals surface area contributed by atoms with Crippen molar-refractivity contribution in [3.05, 3.63) is 94.0 Å². The molecule has 3 aromatic carbocycles. The van der Waals surface area contributed by atoms with Gasteiger partial charge < -0.3 is 5.32 Å². The topological polar surface area (TPSA) is 78.5 Å². The highest BCUT2D eigenvalue weighted by atomic mass is 35.5. The van der Waals surface area contributed by atoms with Crippen molar-refractivity contribution in [1.29, 1.82) is 0 Å². The van der Waals surface area contributed by atoms with Crippen LogP contribution in [0.4, 0.5) is 11.4 Å². The summed E-state index contributed by atoms with van der Waals surface area (Å²) in [6.45, 7) is 1.88. The molecule has 1 aliphatic heterocycles. The van der Waals surface area contributed by atoms with Gasteiger partial charge in [-0.1, -0.05) is 29.8 Å². The average molecular weight is 450 g/mol. The maximum absolute atomic E-state index is 12.6. The van der Waals surface area contributed by atoms with Crippen LogP contribution in [0.5, 0.6) is 0 Å². The van der Waals surface area contributed by atoms with E-state index in [-0.39, 0.29) is 16.9 Å². The van der Waals surface area contributed by atoms with Crippen LogP contribution in [0.15, 0.2) is 66.7 Å². The zero-order chi connectivity index (χ0) is 22.1. The maximum atomic E-state index is 12.6. The van der Waals surface area contributed by atoms with E-state index in [0.29, 0.717) is 33.1 Å². The Labute approximate surface area is 188 Å². The van der Waals surface area contributed by atoms with Crippen molar-refractivity contribution in [2.75, 3.05) is 10.2 Å². The zero-order valence-electron chi connectivity index (χ0n) is 16.3. The predicted octanol–water partition coefficient (Wildman–Crippen LogP) is 4.58. The van der Waals surface area contributed by atoms with Crippen molar-refractivity contribution >= 4 is 58.0 Å². The molecule has 4 rings (SSSR count). The summed E-state index contributed by atoms with van der Waals surface area (Å²) in [7, 11) is 0. The Morgan fingerprint density at radius 1 is 0.935 bits per heavy atom. The molecule has 3 amide bonds. The lowest BCUT2D eigenvalue weighted by atomic mass is 10.1. The summed E-state index contributed by atoms with van der Waals surface area (Å²) in [6, 6.07) is 18.4. The standard InChI is InChI=1S/C23H16ClN3O3S/c1-13-6-11-18(19(24)12-13)20(28)26-23(31)25-14-7-9-15(10-8-14)27-21(29)16-4-2-3-5-17(16)22(27)30/h2-12H,1H3,(H2,25,26,28,31). The molecule has 2 N–H and O–H groups in total. The molecule has 0 aromatic heterocycles. The Bertz CT molecular complexity index is 1210. The van der Waals surface area contributed by atoms with E-state index in [1.807, 2.05) is 6.92 Å². The van der Waals surface area contributed by atoms with Gasteiger partial charge in [0.25, 0.3) is 17.7 Å². The van der Waals surface area contributed by atoms with E-state index in [4.69, 9.17) is 23.8 Å². The maximum Gasteiger partial charge on any atom is 0.266 e. The van der Waals surface area contributed by atoms with Crippen LogP contribution in [0.2, 0.25) is 5.02 Å². The molecule has 6 nitrogen and oxygen atoms in total. The van der Waals surface area contributed by atoms with E-state index >= 15 is 0 Å². The Morgan fingerprint density at radius 3 is 2.13 bits per heavy atom. The van der Waals surface area contributed by atoms with Gasteiger partial charge in [0.1, 0.15) is 0 Å². The lowest BCUT2D eigenvalue weighted by Gasteiger charge is -2.15. The van der Waals surface area contributed by atoms with Crippen LogP contribution in [-0.4, -0.2) is 22.8 Å². The molecule has 1 aliphatic rings. The SMILES string of the molecule is Cc1ccc(C(=O)NC(=S)Nc2ccc(N3C(=O)c4ccccc4C3=O)cc2)c(Cl)c1. The molecule has 0 spiro atoms. The minimum Gasteiger partial charge on any atom is -0.332 e. The monoisotopic (exact) mass is 449 g/mol. The van der Waals surface area contributed by atoms with Gasteiger partial charge in [-0.05, 0) is 73.2 Å². The number of aryl methyl sites for hydroxylation is 1. The second kappa shape index (κ2) is 8.29. The fourth-order valence-electron chi connectivity index (χ4n) is 3.25. The summed E-state index contributed by atoms with van der Waals surface area (Å²) in [5.41, 5.74) is 3.05. The zero-order valence-corrected chi connectivity index (χ0v) is 17.9. The summed E-state index contributed by atoms with van der Waals surface area (Å²) in [4.78, 5) is 38.7. The Morgan fingerprint density at radius 2 is 1.55 bits per heavy atom. The molecule has 8 heteroatoms. The van der Waals surface area contributed by atoms with Gasteiger partial charge >= 0.3 is 0 Å². The highest BCUT2D eigenvalue weighted by molar-refractivity contribution is 7.80. The van der Waals surface area contributed by atoms with E-state index in [0.717, 1.165) is 10.5 Å². The number of carbonyl (C=O) groups is 3. The number of rotatable bonds is 3.